The van der Waals surface area contributed by atoms with Crippen molar-refractivity contribution in [1.82, 2.24) is 20.0 Å². The van der Waals surface area contributed by atoms with Crippen molar-refractivity contribution in [1.29, 1.82) is 0 Å². The lowest BCUT2D eigenvalue weighted by Crippen LogP contribution is -2.10. The molecule has 2 aromatic rings. The molecule has 5 nitrogen and oxygen atoms in total. The van der Waals surface area contributed by atoms with Gasteiger partial charge in [0.2, 0.25) is 0 Å². The highest BCUT2D eigenvalue weighted by Crippen LogP contribution is 2.18. The zero-order chi connectivity index (χ0) is 12.8. The van der Waals surface area contributed by atoms with E-state index in [0.717, 1.165) is 25.1 Å². The van der Waals surface area contributed by atoms with Gasteiger partial charge < -0.3 is 5.11 Å². The molecular weight excluding hydrogens is 228 g/mol. The van der Waals surface area contributed by atoms with Crippen molar-refractivity contribution in [3.63, 3.8) is 0 Å². The molecule has 0 aliphatic carbocycles. The number of hydrogen-bond donors (Lipinski definition) is 1. The molecule has 0 amide bonds. The lowest BCUT2D eigenvalue weighted by molar-refractivity contribution is 0.156. The van der Waals surface area contributed by atoms with Crippen LogP contribution in [0.1, 0.15) is 37.1 Å². The Bertz CT molecular complexity index is 469. The van der Waals surface area contributed by atoms with Crippen LogP contribution in [-0.2, 0) is 13.0 Å². The number of pyridine rings is 1. The molecule has 96 valence electrons. The fourth-order valence-corrected chi connectivity index (χ4v) is 1.91. The first-order chi connectivity index (χ1) is 8.81. The summed E-state index contributed by atoms with van der Waals surface area (Å²) in [6.45, 7) is 2.87. The molecule has 5 heteroatoms. The van der Waals surface area contributed by atoms with Crippen molar-refractivity contribution >= 4 is 0 Å². The molecule has 2 heterocycles. The van der Waals surface area contributed by atoms with Crippen molar-refractivity contribution in [2.75, 3.05) is 0 Å². The van der Waals surface area contributed by atoms with Gasteiger partial charge in [0, 0.05) is 18.9 Å². The van der Waals surface area contributed by atoms with E-state index in [1.165, 1.54) is 5.56 Å². The Labute approximate surface area is 106 Å². The Morgan fingerprint density at radius 2 is 2.11 bits per heavy atom. The number of rotatable bonds is 6. The molecule has 0 aliphatic heterocycles. The normalized spacial score (nSPS) is 12.6. The minimum Gasteiger partial charge on any atom is -0.387 e. The van der Waals surface area contributed by atoms with E-state index in [4.69, 9.17) is 0 Å². The van der Waals surface area contributed by atoms with Crippen molar-refractivity contribution in [3.8, 4) is 0 Å². The van der Waals surface area contributed by atoms with Crippen LogP contribution in [0.25, 0.3) is 0 Å². The van der Waals surface area contributed by atoms with E-state index in [1.807, 2.05) is 12.1 Å². The molecule has 0 aromatic carbocycles. The van der Waals surface area contributed by atoms with Crippen molar-refractivity contribution in [2.24, 2.45) is 0 Å². The number of aliphatic hydroxyl groups excluding tert-OH is 1. The lowest BCUT2D eigenvalue weighted by atomic mass is 10.1. The fourth-order valence-electron chi connectivity index (χ4n) is 1.91. The Morgan fingerprint density at radius 1 is 1.33 bits per heavy atom. The maximum atomic E-state index is 10.2. The SMILES string of the molecule is CCCn1nncc1C(O)CCc1ccncc1. The average Bonchev–Trinajstić information content (AvgIpc) is 2.86. The van der Waals surface area contributed by atoms with Crippen LogP contribution in [0, 0.1) is 0 Å². The Balaban J connectivity index is 1.95. The standard InChI is InChI=1S/C13H18N4O/c1-2-9-17-12(10-15-16-17)13(18)4-3-11-5-7-14-8-6-11/h5-8,10,13,18H,2-4,9H2,1H3. The molecule has 0 fully saturated rings. The first-order valence-corrected chi connectivity index (χ1v) is 6.26. The van der Waals surface area contributed by atoms with Crippen LogP contribution in [0.15, 0.2) is 30.7 Å². The molecule has 18 heavy (non-hydrogen) atoms. The van der Waals surface area contributed by atoms with Crippen LogP contribution in [0.3, 0.4) is 0 Å². The minimum absolute atomic E-state index is 0.514. The number of nitrogens with zero attached hydrogens (tertiary/aromatic N) is 4. The number of hydrogen-bond acceptors (Lipinski definition) is 4. The monoisotopic (exact) mass is 246 g/mol. The molecule has 2 aromatic heterocycles. The van der Waals surface area contributed by atoms with Gasteiger partial charge >= 0.3 is 0 Å². The molecule has 2 rings (SSSR count). The van der Waals surface area contributed by atoms with Gasteiger partial charge in [0.05, 0.1) is 18.0 Å². The summed E-state index contributed by atoms with van der Waals surface area (Å²) in [5, 5.41) is 18.0. The van der Waals surface area contributed by atoms with Crippen LogP contribution in [-0.4, -0.2) is 25.1 Å². The van der Waals surface area contributed by atoms with Crippen molar-refractivity contribution < 1.29 is 5.11 Å². The summed E-state index contributed by atoms with van der Waals surface area (Å²) in [6.07, 6.45) is 7.14. The molecule has 0 saturated carbocycles. The van der Waals surface area contributed by atoms with Crippen molar-refractivity contribution in [3.05, 3.63) is 42.0 Å². The summed E-state index contributed by atoms with van der Waals surface area (Å²) in [5.41, 5.74) is 1.98. The van der Waals surface area contributed by atoms with E-state index in [9.17, 15) is 5.11 Å². The van der Waals surface area contributed by atoms with Gasteiger partial charge in [-0.05, 0) is 37.0 Å². The van der Waals surface area contributed by atoms with Crippen LogP contribution < -0.4 is 0 Å². The van der Waals surface area contributed by atoms with E-state index in [1.54, 1.807) is 23.3 Å². The minimum atomic E-state index is -0.514. The van der Waals surface area contributed by atoms with E-state index < -0.39 is 6.10 Å². The van der Waals surface area contributed by atoms with Crippen molar-refractivity contribution in [2.45, 2.75) is 38.8 Å². The van der Waals surface area contributed by atoms with Gasteiger partial charge in [0.25, 0.3) is 0 Å². The second-order valence-corrected chi connectivity index (χ2v) is 4.29. The Kier molecular flexibility index (Phi) is 4.41. The largest absolute Gasteiger partial charge is 0.387 e. The average molecular weight is 246 g/mol. The third-order valence-electron chi connectivity index (χ3n) is 2.88. The van der Waals surface area contributed by atoms with E-state index in [0.29, 0.717) is 6.42 Å². The molecule has 1 N–H and O–H groups in total. The van der Waals surface area contributed by atoms with E-state index in [-0.39, 0.29) is 0 Å². The second-order valence-electron chi connectivity index (χ2n) is 4.29. The maximum Gasteiger partial charge on any atom is 0.0976 e. The second kappa shape index (κ2) is 6.26. The molecule has 0 aliphatic rings. The zero-order valence-corrected chi connectivity index (χ0v) is 10.5. The predicted octanol–water partition coefficient (Wildman–Crippen LogP) is 1.75. The van der Waals surface area contributed by atoms with Gasteiger partial charge in [-0.2, -0.15) is 0 Å². The van der Waals surface area contributed by atoms with E-state index in [2.05, 4.69) is 22.2 Å². The molecule has 1 atom stereocenters. The van der Waals surface area contributed by atoms with Gasteiger partial charge in [-0.15, -0.1) is 5.10 Å². The summed E-state index contributed by atoms with van der Waals surface area (Å²) in [7, 11) is 0. The topological polar surface area (TPSA) is 63.8 Å². The zero-order valence-electron chi connectivity index (χ0n) is 10.5. The Hall–Kier alpha value is -1.75. The van der Waals surface area contributed by atoms with Crippen LogP contribution in [0.5, 0.6) is 0 Å². The highest BCUT2D eigenvalue weighted by Gasteiger charge is 2.13. The van der Waals surface area contributed by atoms with Crippen LogP contribution in [0.4, 0.5) is 0 Å². The first kappa shape index (κ1) is 12.7. The number of aliphatic hydroxyl groups is 1. The van der Waals surface area contributed by atoms with Gasteiger partial charge in [-0.25, -0.2) is 4.68 Å². The van der Waals surface area contributed by atoms with Gasteiger partial charge in [-0.3, -0.25) is 4.98 Å². The summed E-state index contributed by atoms with van der Waals surface area (Å²) < 4.78 is 1.78. The quantitative estimate of drug-likeness (QED) is 0.843. The lowest BCUT2D eigenvalue weighted by Gasteiger charge is -2.11. The maximum absolute atomic E-state index is 10.2. The molecule has 0 saturated heterocycles. The summed E-state index contributed by atoms with van der Waals surface area (Å²) in [4.78, 5) is 3.97. The van der Waals surface area contributed by atoms with Gasteiger partial charge in [0.15, 0.2) is 0 Å². The Morgan fingerprint density at radius 3 is 2.83 bits per heavy atom. The van der Waals surface area contributed by atoms with Gasteiger partial charge in [0.1, 0.15) is 0 Å². The number of aromatic nitrogens is 4. The summed E-state index contributed by atoms with van der Waals surface area (Å²) in [5.74, 6) is 0. The molecule has 0 bridgehead atoms. The fraction of sp³-hybridized carbons (Fsp3) is 0.462. The number of aryl methyl sites for hydroxylation is 2. The smallest absolute Gasteiger partial charge is 0.0976 e. The summed E-state index contributed by atoms with van der Waals surface area (Å²) in [6, 6.07) is 3.93. The van der Waals surface area contributed by atoms with Gasteiger partial charge in [-0.1, -0.05) is 12.1 Å². The highest BCUT2D eigenvalue weighted by molar-refractivity contribution is 5.10. The molecule has 1 unspecified atom stereocenters. The first-order valence-electron chi connectivity index (χ1n) is 6.26. The predicted molar refractivity (Wildman–Crippen MR) is 67.8 cm³/mol. The third kappa shape index (κ3) is 3.13. The van der Waals surface area contributed by atoms with Crippen LogP contribution >= 0.6 is 0 Å². The molecule has 0 radical (unpaired) electrons. The summed E-state index contributed by atoms with van der Waals surface area (Å²) >= 11 is 0. The van der Waals surface area contributed by atoms with E-state index >= 15 is 0 Å². The molecule has 0 spiro atoms. The molecular formula is C13H18N4O. The van der Waals surface area contributed by atoms with Crippen LogP contribution in [0.2, 0.25) is 0 Å². The third-order valence-corrected chi connectivity index (χ3v) is 2.88. The highest BCUT2D eigenvalue weighted by atomic mass is 16.3.